The van der Waals surface area contributed by atoms with Crippen LogP contribution in [-0.2, 0) is 13.1 Å². The van der Waals surface area contributed by atoms with Gasteiger partial charge in [0.25, 0.3) is 0 Å². The van der Waals surface area contributed by atoms with Crippen LogP contribution in [0.4, 0.5) is 0 Å². The van der Waals surface area contributed by atoms with Crippen LogP contribution in [0.5, 0.6) is 0 Å². The van der Waals surface area contributed by atoms with E-state index in [2.05, 4.69) is 43.0 Å². The largest absolute Gasteiger partial charge is 0.395 e. The van der Waals surface area contributed by atoms with Crippen LogP contribution in [0.3, 0.4) is 0 Å². The first-order chi connectivity index (χ1) is 8.74. The van der Waals surface area contributed by atoms with E-state index in [0.29, 0.717) is 12.6 Å². The third-order valence-corrected chi connectivity index (χ3v) is 3.49. The van der Waals surface area contributed by atoms with Gasteiger partial charge in [-0.05, 0) is 24.0 Å². The van der Waals surface area contributed by atoms with E-state index in [4.69, 9.17) is 5.73 Å². The zero-order chi connectivity index (χ0) is 13.4. The highest BCUT2D eigenvalue weighted by Gasteiger charge is 2.14. The number of nitrogens with zero attached hydrogens (tertiary/aromatic N) is 1. The fourth-order valence-electron chi connectivity index (χ4n) is 2.34. The molecule has 1 aromatic rings. The van der Waals surface area contributed by atoms with Gasteiger partial charge < -0.3 is 10.8 Å². The van der Waals surface area contributed by atoms with E-state index >= 15 is 0 Å². The normalized spacial score (nSPS) is 11.4. The molecule has 0 bridgehead atoms. The summed E-state index contributed by atoms with van der Waals surface area (Å²) in [6, 6.07) is 8.98. The average molecular weight is 250 g/mol. The summed E-state index contributed by atoms with van der Waals surface area (Å²) in [6.07, 6.45) is 2.24. The molecule has 0 heterocycles. The Labute approximate surface area is 111 Å². The molecular formula is C15H26N2O. The second kappa shape index (κ2) is 8.25. The molecule has 0 aliphatic heterocycles. The Morgan fingerprint density at radius 3 is 2.11 bits per heavy atom. The average Bonchev–Trinajstić information content (AvgIpc) is 2.41. The van der Waals surface area contributed by atoms with E-state index in [0.717, 1.165) is 31.5 Å². The number of benzene rings is 1. The van der Waals surface area contributed by atoms with E-state index < -0.39 is 0 Å². The zero-order valence-electron chi connectivity index (χ0n) is 11.6. The summed E-state index contributed by atoms with van der Waals surface area (Å²) in [7, 11) is 0. The Hall–Kier alpha value is -0.900. The number of hydrogen-bond donors (Lipinski definition) is 2. The molecule has 0 saturated heterocycles. The van der Waals surface area contributed by atoms with Gasteiger partial charge in [-0.25, -0.2) is 0 Å². The molecular weight excluding hydrogens is 224 g/mol. The molecule has 3 nitrogen and oxygen atoms in total. The molecule has 0 aliphatic carbocycles. The monoisotopic (exact) mass is 250 g/mol. The third kappa shape index (κ3) is 4.41. The first-order valence-electron chi connectivity index (χ1n) is 6.87. The Morgan fingerprint density at radius 2 is 1.67 bits per heavy atom. The van der Waals surface area contributed by atoms with Gasteiger partial charge in [-0.3, -0.25) is 4.90 Å². The van der Waals surface area contributed by atoms with Crippen molar-refractivity contribution in [2.75, 3.05) is 13.2 Å². The van der Waals surface area contributed by atoms with Gasteiger partial charge in [0.1, 0.15) is 0 Å². The van der Waals surface area contributed by atoms with Crippen molar-refractivity contribution in [1.29, 1.82) is 0 Å². The van der Waals surface area contributed by atoms with E-state index in [-0.39, 0.29) is 6.61 Å². The summed E-state index contributed by atoms with van der Waals surface area (Å²) in [5.74, 6) is 0. The highest BCUT2D eigenvalue weighted by molar-refractivity contribution is 5.22. The van der Waals surface area contributed by atoms with Crippen LogP contribution < -0.4 is 5.73 Å². The lowest BCUT2D eigenvalue weighted by atomic mass is 10.1. The lowest BCUT2D eigenvalue weighted by Gasteiger charge is -2.29. The van der Waals surface area contributed by atoms with Crippen LogP contribution in [0.25, 0.3) is 0 Å². The van der Waals surface area contributed by atoms with E-state index in [9.17, 15) is 5.11 Å². The Bertz CT molecular complexity index is 320. The molecule has 3 heteroatoms. The molecule has 0 aromatic heterocycles. The maximum absolute atomic E-state index is 9.18. The van der Waals surface area contributed by atoms with Gasteiger partial charge in [0.2, 0.25) is 0 Å². The predicted octanol–water partition coefficient (Wildman–Crippen LogP) is 2.13. The number of aliphatic hydroxyl groups excluding tert-OH is 1. The SMILES string of the molecule is CCC(CC)N(CCO)Cc1ccc(CN)cc1. The van der Waals surface area contributed by atoms with E-state index in [1.807, 2.05) is 0 Å². The third-order valence-electron chi connectivity index (χ3n) is 3.49. The molecule has 18 heavy (non-hydrogen) atoms. The number of rotatable bonds is 8. The van der Waals surface area contributed by atoms with Crippen LogP contribution in [0.2, 0.25) is 0 Å². The van der Waals surface area contributed by atoms with Crippen LogP contribution in [0.15, 0.2) is 24.3 Å². The summed E-state index contributed by atoms with van der Waals surface area (Å²) in [6.45, 7) is 6.86. The summed E-state index contributed by atoms with van der Waals surface area (Å²) in [5, 5.41) is 9.18. The highest BCUT2D eigenvalue weighted by Crippen LogP contribution is 2.14. The van der Waals surface area contributed by atoms with Gasteiger partial charge >= 0.3 is 0 Å². The molecule has 1 aromatic carbocycles. The van der Waals surface area contributed by atoms with Crippen LogP contribution in [0, 0.1) is 0 Å². The second-order valence-corrected chi connectivity index (χ2v) is 4.69. The summed E-state index contributed by atoms with van der Waals surface area (Å²) in [5.41, 5.74) is 8.04. The van der Waals surface area contributed by atoms with Crippen molar-refractivity contribution in [1.82, 2.24) is 4.90 Å². The van der Waals surface area contributed by atoms with Gasteiger partial charge in [0.05, 0.1) is 6.61 Å². The van der Waals surface area contributed by atoms with Gasteiger partial charge in [0.15, 0.2) is 0 Å². The first-order valence-corrected chi connectivity index (χ1v) is 6.87. The van der Waals surface area contributed by atoms with Crippen molar-refractivity contribution < 1.29 is 5.11 Å². The molecule has 0 spiro atoms. The van der Waals surface area contributed by atoms with Crippen LogP contribution in [0.1, 0.15) is 37.8 Å². The lowest BCUT2D eigenvalue weighted by molar-refractivity contribution is 0.136. The molecule has 0 amide bonds. The molecule has 3 N–H and O–H groups in total. The summed E-state index contributed by atoms with van der Waals surface area (Å²) < 4.78 is 0. The smallest absolute Gasteiger partial charge is 0.0558 e. The van der Waals surface area contributed by atoms with Crippen LogP contribution >= 0.6 is 0 Å². The molecule has 0 aliphatic rings. The Balaban J connectivity index is 2.69. The van der Waals surface area contributed by atoms with Gasteiger partial charge in [-0.15, -0.1) is 0 Å². The molecule has 0 fully saturated rings. The van der Waals surface area contributed by atoms with Gasteiger partial charge in [-0.1, -0.05) is 38.1 Å². The van der Waals surface area contributed by atoms with Crippen molar-refractivity contribution in [3.8, 4) is 0 Å². The highest BCUT2D eigenvalue weighted by atomic mass is 16.3. The second-order valence-electron chi connectivity index (χ2n) is 4.69. The fourth-order valence-corrected chi connectivity index (χ4v) is 2.34. The number of nitrogens with two attached hydrogens (primary N) is 1. The van der Waals surface area contributed by atoms with Crippen molar-refractivity contribution in [3.05, 3.63) is 35.4 Å². The Morgan fingerprint density at radius 1 is 1.11 bits per heavy atom. The predicted molar refractivity (Wildman–Crippen MR) is 76.2 cm³/mol. The zero-order valence-corrected chi connectivity index (χ0v) is 11.6. The molecule has 0 saturated carbocycles. The minimum absolute atomic E-state index is 0.220. The summed E-state index contributed by atoms with van der Waals surface area (Å²) in [4.78, 5) is 2.36. The van der Waals surface area contributed by atoms with Crippen molar-refractivity contribution in [2.24, 2.45) is 5.73 Å². The van der Waals surface area contributed by atoms with Crippen molar-refractivity contribution >= 4 is 0 Å². The summed E-state index contributed by atoms with van der Waals surface area (Å²) >= 11 is 0. The quantitative estimate of drug-likeness (QED) is 0.743. The number of aliphatic hydroxyl groups is 1. The van der Waals surface area contributed by atoms with Crippen molar-refractivity contribution in [2.45, 2.75) is 45.8 Å². The van der Waals surface area contributed by atoms with E-state index in [1.54, 1.807) is 0 Å². The maximum atomic E-state index is 9.18. The van der Waals surface area contributed by atoms with E-state index in [1.165, 1.54) is 5.56 Å². The molecule has 102 valence electrons. The van der Waals surface area contributed by atoms with Gasteiger partial charge in [-0.2, -0.15) is 0 Å². The van der Waals surface area contributed by atoms with Gasteiger partial charge in [0, 0.05) is 25.7 Å². The minimum atomic E-state index is 0.220. The molecule has 1 rings (SSSR count). The van der Waals surface area contributed by atoms with Crippen molar-refractivity contribution in [3.63, 3.8) is 0 Å². The standard InChI is InChI=1S/C15H26N2O/c1-3-15(4-2)17(9-10-18)12-14-7-5-13(11-16)6-8-14/h5-8,15,18H,3-4,9-12,16H2,1-2H3. The number of hydrogen-bond acceptors (Lipinski definition) is 3. The van der Waals surface area contributed by atoms with Crippen LogP contribution in [-0.4, -0.2) is 29.2 Å². The minimum Gasteiger partial charge on any atom is -0.395 e. The fraction of sp³-hybridized carbons (Fsp3) is 0.600. The topological polar surface area (TPSA) is 49.5 Å². The lowest BCUT2D eigenvalue weighted by Crippen LogP contribution is -2.36. The Kier molecular flexibility index (Phi) is 6.94. The first kappa shape index (κ1) is 15.2. The molecule has 0 unspecified atom stereocenters. The maximum Gasteiger partial charge on any atom is 0.0558 e. The molecule has 0 atom stereocenters. The molecule has 0 radical (unpaired) electrons.